The Morgan fingerprint density at radius 1 is 1.15 bits per heavy atom. The van der Waals surface area contributed by atoms with Crippen LogP contribution in [0.3, 0.4) is 0 Å². The molecule has 0 radical (unpaired) electrons. The van der Waals surface area contributed by atoms with Gasteiger partial charge >= 0.3 is 0 Å². The molecule has 5 rings (SSSR count). The second-order valence-electron chi connectivity index (χ2n) is 11.0. The zero-order valence-electron chi connectivity index (χ0n) is 22.8. The Labute approximate surface area is 229 Å². The van der Waals surface area contributed by atoms with Gasteiger partial charge < -0.3 is 20.7 Å². The van der Waals surface area contributed by atoms with Gasteiger partial charge in [-0.1, -0.05) is 6.07 Å². The van der Waals surface area contributed by atoms with Crippen LogP contribution in [-0.4, -0.2) is 68.5 Å². The summed E-state index contributed by atoms with van der Waals surface area (Å²) in [6.07, 6.45) is 8.59. The van der Waals surface area contributed by atoms with Crippen molar-refractivity contribution in [3.63, 3.8) is 0 Å². The van der Waals surface area contributed by atoms with Crippen molar-refractivity contribution in [2.75, 3.05) is 30.4 Å². The summed E-state index contributed by atoms with van der Waals surface area (Å²) in [5.41, 5.74) is 2.63. The Bertz CT molecular complexity index is 1240. The SMILES string of the molecule is Cc1cnc(N[C@H]2CC[C@H](N[C@H](C)Cc3nnn[nH]3)CC2)cc1-c1cccc(NCC2(C#N)CCOCC2)n1. The standard InChI is InChI=1S/C28H38N10O/c1-19-16-30-26(33-22-8-6-21(7-9-22)32-20(2)14-27-35-37-38-36-27)15-23(19)24-4-3-5-25(34-24)31-18-28(17-29)10-12-39-13-11-28/h3-5,15-16,20-22,32H,6-14,18H2,1-2H3,(H,30,33)(H,31,34)(H,35,36,37,38)/t20-,21-,22-/m1/s1. The monoisotopic (exact) mass is 530 g/mol. The summed E-state index contributed by atoms with van der Waals surface area (Å²) in [7, 11) is 0. The molecule has 3 aromatic rings. The van der Waals surface area contributed by atoms with E-state index >= 15 is 0 Å². The first-order chi connectivity index (χ1) is 19.0. The number of nitrogens with zero attached hydrogens (tertiary/aromatic N) is 6. The number of tetrazole rings is 1. The molecule has 3 aromatic heterocycles. The number of hydrogen-bond donors (Lipinski definition) is 4. The van der Waals surface area contributed by atoms with E-state index in [2.05, 4.69) is 67.5 Å². The van der Waals surface area contributed by atoms with Crippen LogP contribution < -0.4 is 16.0 Å². The zero-order chi connectivity index (χ0) is 27.1. The molecule has 0 amide bonds. The summed E-state index contributed by atoms with van der Waals surface area (Å²) in [5.74, 6) is 2.47. The third-order valence-electron chi connectivity index (χ3n) is 7.91. The molecular weight excluding hydrogens is 492 g/mol. The largest absolute Gasteiger partial charge is 0.381 e. The van der Waals surface area contributed by atoms with Gasteiger partial charge in [-0.05, 0) is 86.6 Å². The summed E-state index contributed by atoms with van der Waals surface area (Å²) in [6.45, 7) is 6.07. The minimum Gasteiger partial charge on any atom is -0.381 e. The molecule has 0 unspecified atom stereocenters. The van der Waals surface area contributed by atoms with Crippen molar-refractivity contribution >= 4 is 11.6 Å². The van der Waals surface area contributed by atoms with Crippen molar-refractivity contribution in [1.82, 2.24) is 35.9 Å². The molecule has 206 valence electrons. The van der Waals surface area contributed by atoms with Gasteiger partial charge in [0.15, 0.2) is 0 Å². The summed E-state index contributed by atoms with van der Waals surface area (Å²) in [4.78, 5) is 9.54. The van der Waals surface area contributed by atoms with Crippen molar-refractivity contribution in [1.29, 1.82) is 5.26 Å². The van der Waals surface area contributed by atoms with Crippen LogP contribution in [0.4, 0.5) is 11.6 Å². The molecule has 1 saturated carbocycles. The van der Waals surface area contributed by atoms with Gasteiger partial charge in [0.05, 0.1) is 17.2 Å². The summed E-state index contributed by atoms with van der Waals surface area (Å²) in [5, 5.41) is 34.7. The molecule has 11 heteroatoms. The quantitative estimate of drug-likeness (QED) is 0.306. The number of nitrogens with one attached hydrogen (secondary N) is 4. The van der Waals surface area contributed by atoms with Crippen LogP contribution in [0.5, 0.6) is 0 Å². The lowest BCUT2D eigenvalue weighted by Crippen LogP contribution is -2.42. The van der Waals surface area contributed by atoms with Crippen LogP contribution in [0.1, 0.15) is 56.8 Å². The molecule has 39 heavy (non-hydrogen) atoms. The first kappa shape index (κ1) is 27.0. The number of anilines is 2. The van der Waals surface area contributed by atoms with E-state index in [1.807, 2.05) is 24.4 Å². The van der Waals surface area contributed by atoms with Gasteiger partial charge in [0.2, 0.25) is 0 Å². The second kappa shape index (κ2) is 12.5. The second-order valence-corrected chi connectivity index (χ2v) is 11.0. The Hall–Kier alpha value is -3.62. The van der Waals surface area contributed by atoms with Gasteiger partial charge in [-0.2, -0.15) is 5.26 Å². The minimum absolute atomic E-state index is 0.315. The summed E-state index contributed by atoms with van der Waals surface area (Å²) < 4.78 is 5.46. The molecule has 1 saturated heterocycles. The molecular formula is C28H38N10O. The number of hydrogen-bond acceptors (Lipinski definition) is 10. The normalized spacial score (nSPS) is 21.6. The molecule has 0 spiro atoms. The van der Waals surface area contributed by atoms with Crippen LogP contribution in [-0.2, 0) is 11.2 Å². The highest BCUT2D eigenvalue weighted by molar-refractivity contribution is 5.68. The van der Waals surface area contributed by atoms with Crippen molar-refractivity contribution < 1.29 is 4.74 Å². The van der Waals surface area contributed by atoms with Crippen molar-refractivity contribution in [3.05, 3.63) is 41.9 Å². The maximum atomic E-state index is 9.76. The molecule has 11 nitrogen and oxygen atoms in total. The van der Waals surface area contributed by atoms with Crippen molar-refractivity contribution in [3.8, 4) is 17.3 Å². The van der Waals surface area contributed by atoms with E-state index in [1.54, 1.807) is 0 Å². The molecule has 1 aliphatic carbocycles. The number of aromatic amines is 1. The Morgan fingerprint density at radius 2 is 1.95 bits per heavy atom. The van der Waals surface area contributed by atoms with Crippen LogP contribution in [0, 0.1) is 23.7 Å². The Kier molecular flexibility index (Phi) is 8.64. The Balaban J connectivity index is 1.16. The number of pyridine rings is 2. The lowest BCUT2D eigenvalue weighted by atomic mass is 9.82. The van der Waals surface area contributed by atoms with E-state index in [1.165, 1.54) is 0 Å². The van der Waals surface area contributed by atoms with Gasteiger partial charge in [-0.3, -0.25) is 0 Å². The predicted molar refractivity (Wildman–Crippen MR) is 149 cm³/mol. The fraction of sp³-hybridized carbons (Fsp3) is 0.571. The first-order valence-electron chi connectivity index (χ1n) is 13.9. The molecule has 2 fully saturated rings. The van der Waals surface area contributed by atoms with E-state index in [0.29, 0.717) is 37.9 Å². The number of ether oxygens (including phenoxy) is 1. The fourth-order valence-electron chi connectivity index (χ4n) is 5.54. The smallest absolute Gasteiger partial charge is 0.149 e. The van der Waals surface area contributed by atoms with Gasteiger partial charge in [0, 0.05) is 56.1 Å². The van der Waals surface area contributed by atoms with Crippen molar-refractivity contribution in [2.45, 2.75) is 76.9 Å². The van der Waals surface area contributed by atoms with E-state index in [0.717, 1.165) is 79.2 Å². The van der Waals surface area contributed by atoms with Gasteiger partial charge in [-0.25, -0.2) is 15.1 Å². The van der Waals surface area contributed by atoms with Crippen molar-refractivity contribution in [2.24, 2.45) is 5.41 Å². The van der Waals surface area contributed by atoms with Gasteiger partial charge in [0.25, 0.3) is 0 Å². The molecule has 2 aliphatic rings. The highest BCUT2D eigenvalue weighted by Gasteiger charge is 2.32. The maximum absolute atomic E-state index is 9.76. The van der Waals surface area contributed by atoms with Gasteiger partial charge in [0.1, 0.15) is 17.5 Å². The van der Waals surface area contributed by atoms with E-state index in [4.69, 9.17) is 9.72 Å². The first-order valence-corrected chi connectivity index (χ1v) is 13.9. The lowest BCUT2D eigenvalue weighted by molar-refractivity contribution is 0.0455. The van der Waals surface area contributed by atoms with E-state index < -0.39 is 5.41 Å². The molecule has 0 aromatic carbocycles. The highest BCUT2D eigenvalue weighted by atomic mass is 16.5. The lowest BCUT2D eigenvalue weighted by Gasteiger charge is -2.32. The molecule has 1 aliphatic heterocycles. The summed E-state index contributed by atoms with van der Waals surface area (Å²) in [6, 6.07) is 11.8. The maximum Gasteiger partial charge on any atom is 0.149 e. The number of nitriles is 1. The highest BCUT2D eigenvalue weighted by Crippen LogP contribution is 2.31. The topological polar surface area (TPSA) is 149 Å². The van der Waals surface area contributed by atoms with Crippen LogP contribution in [0.15, 0.2) is 30.5 Å². The molecule has 4 N–H and O–H groups in total. The van der Waals surface area contributed by atoms with Crippen LogP contribution in [0.25, 0.3) is 11.3 Å². The predicted octanol–water partition coefficient (Wildman–Crippen LogP) is 3.64. The average Bonchev–Trinajstić information content (AvgIpc) is 3.47. The zero-order valence-corrected chi connectivity index (χ0v) is 22.8. The van der Waals surface area contributed by atoms with E-state index in [9.17, 15) is 5.26 Å². The van der Waals surface area contributed by atoms with Crippen LogP contribution in [0.2, 0.25) is 0 Å². The van der Waals surface area contributed by atoms with E-state index in [-0.39, 0.29) is 0 Å². The third kappa shape index (κ3) is 7.07. The number of H-pyrrole nitrogens is 1. The summed E-state index contributed by atoms with van der Waals surface area (Å²) >= 11 is 0. The van der Waals surface area contributed by atoms with Gasteiger partial charge in [-0.15, -0.1) is 5.10 Å². The molecule has 4 heterocycles. The fourth-order valence-corrected chi connectivity index (χ4v) is 5.54. The molecule has 1 atom stereocenters. The number of rotatable bonds is 10. The number of aryl methyl sites for hydroxylation is 1. The molecule has 0 bridgehead atoms. The minimum atomic E-state index is -0.402. The van der Waals surface area contributed by atoms with Crippen LogP contribution >= 0.6 is 0 Å². The number of aromatic nitrogens is 6. The average molecular weight is 531 g/mol. The third-order valence-corrected chi connectivity index (χ3v) is 7.91. The Morgan fingerprint density at radius 3 is 2.69 bits per heavy atom.